The second kappa shape index (κ2) is 7.80. The van der Waals surface area contributed by atoms with Crippen LogP contribution >= 0.6 is 0 Å². The second-order valence-electron chi connectivity index (χ2n) is 8.22. The van der Waals surface area contributed by atoms with Gasteiger partial charge in [-0.2, -0.15) is 0 Å². The molecule has 8 nitrogen and oxygen atoms in total. The summed E-state index contributed by atoms with van der Waals surface area (Å²) in [5.41, 5.74) is -2.29. The van der Waals surface area contributed by atoms with Gasteiger partial charge in [0, 0.05) is 12.6 Å². The van der Waals surface area contributed by atoms with Gasteiger partial charge in [-0.15, -0.1) is 4.91 Å². The van der Waals surface area contributed by atoms with Gasteiger partial charge in [-0.3, -0.25) is 5.32 Å². The number of esters is 1. The highest BCUT2D eigenvalue weighted by atomic mass is 16.6. The van der Waals surface area contributed by atoms with E-state index in [2.05, 4.69) is 15.5 Å². The molecule has 1 amide bonds. The quantitative estimate of drug-likeness (QED) is 0.627. The van der Waals surface area contributed by atoms with E-state index in [4.69, 9.17) is 9.47 Å². The minimum atomic E-state index is -1.56. The molecule has 1 unspecified atom stereocenters. The third-order valence-corrected chi connectivity index (χ3v) is 3.04. The van der Waals surface area contributed by atoms with Crippen molar-refractivity contribution in [1.29, 1.82) is 0 Å². The molecule has 0 aromatic carbocycles. The van der Waals surface area contributed by atoms with Crippen molar-refractivity contribution in [2.24, 2.45) is 5.18 Å². The van der Waals surface area contributed by atoms with Gasteiger partial charge in [-0.25, -0.2) is 14.6 Å². The third-order valence-electron chi connectivity index (χ3n) is 3.04. The molecule has 0 aliphatic carbocycles. The van der Waals surface area contributed by atoms with Gasteiger partial charge >= 0.3 is 12.1 Å². The highest BCUT2D eigenvalue weighted by molar-refractivity contribution is 5.83. The molecule has 8 heteroatoms. The summed E-state index contributed by atoms with van der Waals surface area (Å²) in [5.74, 6) is -0.406. The molecule has 0 bridgehead atoms. The molecule has 1 heterocycles. The number of ether oxygens (including phenoxy) is 2. The summed E-state index contributed by atoms with van der Waals surface area (Å²) in [6, 6.07) is 3.20. The Balaban J connectivity index is 2.80. The van der Waals surface area contributed by atoms with Crippen LogP contribution in [-0.2, 0) is 20.7 Å². The van der Waals surface area contributed by atoms with Gasteiger partial charge in [0.1, 0.15) is 17.0 Å². The van der Waals surface area contributed by atoms with E-state index in [1.807, 2.05) is 0 Å². The maximum absolute atomic E-state index is 12.3. The Labute approximate surface area is 153 Å². The molecule has 0 aliphatic heterocycles. The van der Waals surface area contributed by atoms with E-state index in [-0.39, 0.29) is 6.42 Å². The first-order valence-corrected chi connectivity index (χ1v) is 8.27. The average Bonchev–Trinajstić information content (AvgIpc) is 2.45. The van der Waals surface area contributed by atoms with Crippen LogP contribution in [0.25, 0.3) is 0 Å². The lowest BCUT2D eigenvalue weighted by molar-refractivity contribution is -0.160. The Morgan fingerprint density at radius 2 is 1.62 bits per heavy atom. The van der Waals surface area contributed by atoms with Crippen molar-refractivity contribution < 1.29 is 19.1 Å². The number of anilines is 1. The second-order valence-corrected chi connectivity index (χ2v) is 8.22. The van der Waals surface area contributed by atoms with Gasteiger partial charge in [0.25, 0.3) is 0 Å². The van der Waals surface area contributed by atoms with Gasteiger partial charge in [0.05, 0.1) is 0 Å². The van der Waals surface area contributed by atoms with Crippen molar-refractivity contribution in [1.82, 2.24) is 4.98 Å². The fraction of sp³-hybridized carbons (Fsp3) is 0.611. The number of aromatic nitrogens is 1. The first kappa shape index (κ1) is 21.5. The van der Waals surface area contributed by atoms with Crippen LogP contribution in [0.4, 0.5) is 10.6 Å². The van der Waals surface area contributed by atoms with Gasteiger partial charge in [-0.1, -0.05) is 11.2 Å². The Hall–Kier alpha value is -2.51. The lowest BCUT2D eigenvalue weighted by Crippen LogP contribution is -2.41. The lowest BCUT2D eigenvalue weighted by atomic mass is 9.94. The summed E-state index contributed by atoms with van der Waals surface area (Å²) in [6.45, 7) is 11.8. The first-order valence-electron chi connectivity index (χ1n) is 8.27. The lowest BCUT2D eigenvalue weighted by Gasteiger charge is -2.26. The number of pyridine rings is 1. The number of nitrogens with one attached hydrogen (secondary N) is 1. The molecule has 0 aliphatic rings. The summed E-state index contributed by atoms with van der Waals surface area (Å²) in [6.07, 6.45) is 0.872. The highest BCUT2D eigenvalue weighted by Gasteiger charge is 2.39. The van der Waals surface area contributed by atoms with Crippen LogP contribution in [0.3, 0.4) is 0 Å². The molecule has 26 heavy (non-hydrogen) atoms. The van der Waals surface area contributed by atoms with Crippen molar-refractivity contribution in [3.05, 3.63) is 28.8 Å². The number of amides is 1. The van der Waals surface area contributed by atoms with E-state index in [1.165, 1.54) is 13.1 Å². The fourth-order valence-corrected chi connectivity index (χ4v) is 1.94. The van der Waals surface area contributed by atoms with Gasteiger partial charge in [0.15, 0.2) is 0 Å². The molecule has 144 valence electrons. The monoisotopic (exact) mass is 365 g/mol. The smallest absolute Gasteiger partial charge is 0.413 e. The molecule has 0 saturated carbocycles. The normalized spacial score (nSPS) is 14.1. The van der Waals surface area contributed by atoms with Gasteiger partial charge in [0.2, 0.25) is 5.54 Å². The molecule has 1 aromatic heterocycles. The molecule has 0 spiro atoms. The zero-order chi connectivity index (χ0) is 20.2. The average molecular weight is 365 g/mol. The molecule has 0 radical (unpaired) electrons. The standard InChI is InChI=1S/C18H27N3O5/c1-16(2,3)25-14(22)18(7,21-24)10-12-8-9-13(19-11-12)20-15(23)26-17(4,5)6/h8-9,11H,10H2,1-7H3,(H,19,20,23). The maximum atomic E-state index is 12.3. The molecule has 0 saturated heterocycles. The van der Waals surface area contributed by atoms with Crippen molar-refractivity contribution in [2.45, 2.75) is 71.6 Å². The van der Waals surface area contributed by atoms with E-state index in [9.17, 15) is 14.5 Å². The largest absolute Gasteiger partial charge is 0.458 e. The van der Waals surface area contributed by atoms with Crippen LogP contribution in [-0.4, -0.2) is 33.8 Å². The van der Waals surface area contributed by atoms with Gasteiger partial charge in [-0.05, 0) is 60.1 Å². The number of hydrogen-bond acceptors (Lipinski definition) is 7. The van der Waals surface area contributed by atoms with Crippen molar-refractivity contribution in [3.63, 3.8) is 0 Å². The SMILES string of the molecule is CC(C)(C)OC(=O)Nc1ccc(CC(C)(N=O)C(=O)OC(C)(C)C)cn1. The van der Waals surface area contributed by atoms with E-state index < -0.39 is 28.8 Å². The Kier molecular flexibility index (Phi) is 6.46. The summed E-state index contributed by atoms with van der Waals surface area (Å²) in [5, 5.41) is 5.48. The number of rotatable bonds is 5. The minimum Gasteiger partial charge on any atom is -0.458 e. The fourth-order valence-electron chi connectivity index (χ4n) is 1.94. The number of carbonyl (C=O) groups excluding carboxylic acids is 2. The number of nitroso groups, excluding NO2 is 1. The molecular formula is C18H27N3O5. The van der Waals surface area contributed by atoms with Crippen molar-refractivity contribution in [3.8, 4) is 0 Å². The zero-order valence-electron chi connectivity index (χ0n) is 16.4. The van der Waals surface area contributed by atoms with Crippen LogP contribution in [0.1, 0.15) is 54.0 Å². The first-order chi connectivity index (χ1) is 11.7. The zero-order valence-corrected chi connectivity index (χ0v) is 16.4. The Bertz CT molecular complexity index is 659. The predicted molar refractivity (Wildman–Crippen MR) is 97.8 cm³/mol. The van der Waals surface area contributed by atoms with Crippen molar-refractivity contribution in [2.75, 3.05) is 5.32 Å². The van der Waals surface area contributed by atoms with E-state index >= 15 is 0 Å². The molecule has 0 fully saturated rings. The number of carbonyl (C=O) groups is 2. The van der Waals surface area contributed by atoms with Crippen LogP contribution in [0, 0.1) is 4.91 Å². The van der Waals surface area contributed by atoms with Crippen LogP contribution in [0.2, 0.25) is 0 Å². The van der Waals surface area contributed by atoms with Gasteiger partial charge < -0.3 is 9.47 Å². The molecule has 1 atom stereocenters. The van der Waals surface area contributed by atoms with E-state index in [1.54, 1.807) is 53.7 Å². The molecule has 1 rings (SSSR count). The topological polar surface area (TPSA) is 107 Å². The summed E-state index contributed by atoms with van der Waals surface area (Å²) < 4.78 is 10.4. The summed E-state index contributed by atoms with van der Waals surface area (Å²) in [7, 11) is 0. The summed E-state index contributed by atoms with van der Waals surface area (Å²) in [4.78, 5) is 39.3. The van der Waals surface area contributed by atoms with Crippen molar-refractivity contribution >= 4 is 17.9 Å². The molecule has 1 aromatic rings. The van der Waals surface area contributed by atoms with Crippen LogP contribution in [0.15, 0.2) is 23.5 Å². The molecular weight excluding hydrogens is 338 g/mol. The van der Waals surface area contributed by atoms with Crippen LogP contribution in [0.5, 0.6) is 0 Å². The number of hydrogen-bond donors (Lipinski definition) is 1. The maximum Gasteiger partial charge on any atom is 0.413 e. The Morgan fingerprint density at radius 3 is 2.04 bits per heavy atom. The van der Waals surface area contributed by atoms with E-state index in [0.717, 1.165) is 0 Å². The third kappa shape index (κ3) is 7.16. The Morgan fingerprint density at radius 1 is 1.04 bits per heavy atom. The van der Waals surface area contributed by atoms with E-state index in [0.29, 0.717) is 11.4 Å². The van der Waals surface area contributed by atoms with Crippen LogP contribution < -0.4 is 5.32 Å². The predicted octanol–water partition coefficient (Wildman–Crippen LogP) is 3.84. The highest BCUT2D eigenvalue weighted by Crippen LogP contribution is 2.23. The molecule has 1 N–H and O–H groups in total. The summed E-state index contributed by atoms with van der Waals surface area (Å²) >= 11 is 0. The minimum absolute atomic E-state index is 0.0329. The number of nitrogens with zero attached hydrogens (tertiary/aromatic N) is 2.